The van der Waals surface area contributed by atoms with Gasteiger partial charge in [-0.05, 0) is 19.9 Å². The second-order valence-electron chi connectivity index (χ2n) is 3.75. The minimum Gasteiger partial charge on any atom is -0.489 e. The molecule has 1 unspecified atom stereocenters. The minimum absolute atomic E-state index is 0.200. The van der Waals surface area contributed by atoms with E-state index < -0.39 is 0 Å². The number of carbonyl (C=O) groups excluding carboxylic acids is 1. The van der Waals surface area contributed by atoms with Gasteiger partial charge >= 0.3 is 5.97 Å². The summed E-state index contributed by atoms with van der Waals surface area (Å²) in [4.78, 5) is 11.1. The average Bonchev–Trinajstić information content (AvgIpc) is 2.31. The predicted octanol–water partition coefficient (Wildman–Crippen LogP) is 3.05. The van der Waals surface area contributed by atoms with Gasteiger partial charge in [-0.1, -0.05) is 30.4 Å². The first-order valence-corrected chi connectivity index (χ1v) is 5.62. The van der Waals surface area contributed by atoms with Gasteiger partial charge in [0, 0.05) is 5.56 Å². The van der Waals surface area contributed by atoms with Crippen molar-refractivity contribution in [1.29, 1.82) is 0 Å². The molecule has 0 aromatic heterocycles. The molecule has 0 saturated carbocycles. The van der Waals surface area contributed by atoms with Gasteiger partial charge in [0.1, 0.15) is 11.9 Å². The zero-order valence-electron chi connectivity index (χ0n) is 10.5. The molecule has 0 N–H and O–H groups in total. The van der Waals surface area contributed by atoms with Crippen LogP contribution in [-0.4, -0.2) is 19.2 Å². The van der Waals surface area contributed by atoms with Gasteiger partial charge in [0.2, 0.25) is 0 Å². The molecule has 0 aliphatic rings. The maximum atomic E-state index is 11.1. The molecule has 0 saturated heterocycles. The molecule has 1 aromatic rings. The monoisotopic (exact) mass is 234 g/mol. The third-order valence-electron chi connectivity index (χ3n) is 2.28. The fourth-order valence-electron chi connectivity index (χ4n) is 1.48. The Kier molecular flexibility index (Phi) is 5.27. The second-order valence-corrected chi connectivity index (χ2v) is 3.75. The van der Waals surface area contributed by atoms with Crippen LogP contribution in [0, 0.1) is 0 Å². The molecule has 17 heavy (non-hydrogen) atoms. The number of para-hydroxylation sites is 1. The number of ether oxygens (including phenoxy) is 2. The van der Waals surface area contributed by atoms with E-state index in [-0.39, 0.29) is 18.5 Å². The Morgan fingerprint density at radius 1 is 1.41 bits per heavy atom. The molecule has 0 aliphatic carbocycles. The van der Waals surface area contributed by atoms with Crippen LogP contribution in [-0.2, 0) is 9.53 Å². The summed E-state index contributed by atoms with van der Waals surface area (Å²) in [6.45, 7) is 3.80. The first kappa shape index (κ1) is 13.3. The maximum absolute atomic E-state index is 11.1. The van der Waals surface area contributed by atoms with Gasteiger partial charge < -0.3 is 9.47 Å². The van der Waals surface area contributed by atoms with E-state index in [1.165, 1.54) is 7.11 Å². The van der Waals surface area contributed by atoms with E-state index >= 15 is 0 Å². The zero-order valence-corrected chi connectivity index (χ0v) is 10.5. The van der Waals surface area contributed by atoms with Crippen molar-refractivity contribution in [2.75, 3.05) is 7.11 Å². The van der Waals surface area contributed by atoms with Crippen LogP contribution in [0.4, 0.5) is 0 Å². The third kappa shape index (κ3) is 4.31. The van der Waals surface area contributed by atoms with Crippen molar-refractivity contribution in [3.05, 3.63) is 35.9 Å². The van der Waals surface area contributed by atoms with E-state index in [4.69, 9.17) is 4.74 Å². The van der Waals surface area contributed by atoms with Crippen molar-refractivity contribution in [3.63, 3.8) is 0 Å². The quantitative estimate of drug-likeness (QED) is 0.734. The largest absolute Gasteiger partial charge is 0.489 e. The SMILES string of the molecule is C/C=C/c1ccccc1OC(C)CC(=O)OC. The lowest BCUT2D eigenvalue weighted by Gasteiger charge is -2.15. The summed E-state index contributed by atoms with van der Waals surface area (Å²) in [6.07, 6.45) is 3.97. The van der Waals surface area contributed by atoms with Crippen LogP contribution in [0.2, 0.25) is 0 Å². The molecule has 0 fully saturated rings. The van der Waals surface area contributed by atoms with E-state index in [1.807, 2.05) is 50.3 Å². The topological polar surface area (TPSA) is 35.5 Å². The van der Waals surface area contributed by atoms with Gasteiger partial charge in [0.15, 0.2) is 0 Å². The van der Waals surface area contributed by atoms with Crippen LogP contribution < -0.4 is 4.74 Å². The van der Waals surface area contributed by atoms with Crippen LogP contribution in [0.25, 0.3) is 6.08 Å². The number of esters is 1. The lowest BCUT2D eigenvalue weighted by atomic mass is 10.2. The summed E-state index contributed by atoms with van der Waals surface area (Å²) in [5.41, 5.74) is 1.01. The first-order valence-electron chi connectivity index (χ1n) is 5.62. The summed E-state index contributed by atoms with van der Waals surface area (Å²) in [6, 6.07) is 7.73. The molecule has 3 nitrogen and oxygen atoms in total. The van der Waals surface area contributed by atoms with Gasteiger partial charge in [-0.3, -0.25) is 4.79 Å². The summed E-state index contributed by atoms with van der Waals surface area (Å²) in [5.74, 6) is 0.517. The van der Waals surface area contributed by atoms with Crippen LogP contribution >= 0.6 is 0 Å². The number of carbonyl (C=O) groups is 1. The zero-order chi connectivity index (χ0) is 12.7. The maximum Gasteiger partial charge on any atom is 0.309 e. The molecule has 0 heterocycles. The van der Waals surface area contributed by atoms with Crippen LogP contribution in [0.3, 0.4) is 0 Å². The van der Waals surface area contributed by atoms with Gasteiger partial charge in [-0.15, -0.1) is 0 Å². The Morgan fingerprint density at radius 2 is 2.12 bits per heavy atom. The second kappa shape index (κ2) is 6.74. The van der Waals surface area contributed by atoms with Crippen molar-refractivity contribution >= 4 is 12.0 Å². The summed E-state index contributed by atoms with van der Waals surface area (Å²) >= 11 is 0. The highest BCUT2D eigenvalue weighted by Gasteiger charge is 2.11. The molecule has 0 amide bonds. The summed E-state index contributed by atoms with van der Waals surface area (Å²) in [7, 11) is 1.38. The smallest absolute Gasteiger partial charge is 0.309 e. The average molecular weight is 234 g/mol. The molecule has 0 spiro atoms. The molecule has 3 heteroatoms. The third-order valence-corrected chi connectivity index (χ3v) is 2.28. The number of hydrogen-bond donors (Lipinski definition) is 0. The van der Waals surface area contributed by atoms with E-state index in [1.54, 1.807) is 0 Å². The van der Waals surface area contributed by atoms with Gasteiger partial charge in [-0.2, -0.15) is 0 Å². The molecular formula is C14H18O3. The number of hydrogen-bond acceptors (Lipinski definition) is 3. The predicted molar refractivity (Wildman–Crippen MR) is 67.9 cm³/mol. The molecular weight excluding hydrogens is 216 g/mol. The van der Waals surface area contributed by atoms with E-state index in [0.717, 1.165) is 11.3 Å². The number of benzene rings is 1. The summed E-state index contributed by atoms with van der Waals surface area (Å²) < 4.78 is 10.3. The van der Waals surface area contributed by atoms with Crippen LogP contribution in [0.1, 0.15) is 25.8 Å². The highest BCUT2D eigenvalue weighted by Crippen LogP contribution is 2.21. The number of rotatable bonds is 5. The van der Waals surface area contributed by atoms with Gasteiger partial charge in [0.05, 0.1) is 13.5 Å². The minimum atomic E-state index is -0.263. The van der Waals surface area contributed by atoms with Crippen LogP contribution in [0.15, 0.2) is 30.3 Å². The molecule has 0 aliphatic heterocycles. The lowest BCUT2D eigenvalue weighted by molar-refractivity contribution is -0.142. The van der Waals surface area contributed by atoms with Gasteiger partial charge in [-0.25, -0.2) is 0 Å². The molecule has 1 aromatic carbocycles. The molecule has 1 atom stereocenters. The fraction of sp³-hybridized carbons (Fsp3) is 0.357. The molecule has 92 valence electrons. The van der Waals surface area contributed by atoms with Crippen molar-refractivity contribution < 1.29 is 14.3 Å². The summed E-state index contributed by atoms with van der Waals surface area (Å²) in [5, 5.41) is 0. The lowest BCUT2D eigenvalue weighted by Crippen LogP contribution is -2.18. The molecule has 0 radical (unpaired) electrons. The highest BCUT2D eigenvalue weighted by atomic mass is 16.5. The molecule has 0 bridgehead atoms. The Bertz CT molecular complexity index is 396. The van der Waals surface area contributed by atoms with Crippen molar-refractivity contribution in [3.8, 4) is 5.75 Å². The van der Waals surface area contributed by atoms with Crippen molar-refractivity contribution in [1.82, 2.24) is 0 Å². The Morgan fingerprint density at radius 3 is 2.76 bits per heavy atom. The number of methoxy groups -OCH3 is 1. The van der Waals surface area contributed by atoms with Crippen molar-refractivity contribution in [2.45, 2.75) is 26.4 Å². The van der Waals surface area contributed by atoms with E-state index in [0.29, 0.717) is 0 Å². The Hall–Kier alpha value is -1.77. The fourth-order valence-corrected chi connectivity index (χ4v) is 1.48. The number of allylic oxidation sites excluding steroid dienone is 1. The standard InChI is InChI=1S/C14H18O3/c1-4-7-12-8-5-6-9-13(12)17-11(2)10-14(15)16-3/h4-9,11H,10H2,1-3H3/b7-4+. The molecule has 1 rings (SSSR count). The Labute approximate surface area is 102 Å². The highest BCUT2D eigenvalue weighted by molar-refractivity contribution is 5.69. The normalized spacial score (nSPS) is 12.4. The first-order chi connectivity index (χ1) is 8.17. The Balaban J connectivity index is 2.70. The van der Waals surface area contributed by atoms with Crippen molar-refractivity contribution in [2.24, 2.45) is 0 Å². The van der Waals surface area contributed by atoms with E-state index in [9.17, 15) is 4.79 Å². The van der Waals surface area contributed by atoms with Gasteiger partial charge in [0.25, 0.3) is 0 Å². The van der Waals surface area contributed by atoms with E-state index in [2.05, 4.69) is 4.74 Å². The van der Waals surface area contributed by atoms with Crippen LogP contribution in [0.5, 0.6) is 5.75 Å².